The summed E-state index contributed by atoms with van der Waals surface area (Å²) in [6.07, 6.45) is 4.11. The second-order valence-electron chi connectivity index (χ2n) is 5.00. The molecule has 2 rings (SSSR count). The maximum atomic E-state index is 12.2. The maximum absolute atomic E-state index is 12.2. The van der Waals surface area contributed by atoms with Crippen LogP contribution >= 0.6 is 0 Å². The average Bonchev–Trinajstić information content (AvgIpc) is 2.54. The first-order chi connectivity index (χ1) is 10.2. The molecule has 0 radical (unpaired) electrons. The number of nitrogens with zero attached hydrogens (tertiary/aromatic N) is 1. The molecule has 2 aromatic rings. The molecule has 1 heterocycles. The van der Waals surface area contributed by atoms with Gasteiger partial charge in [0.1, 0.15) is 6.10 Å². The van der Waals surface area contributed by atoms with E-state index in [9.17, 15) is 4.79 Å². The van der Waals surface area contributed by atoms with E-state index in [2.05, 4.69) is 11.9 Å². The highest BCUT2D eigenvalue weighted by molar-refractivity contribution is 5.89. The van der Waals surface area contributed by atoms with Gasteiger partial charge in [-0.2, -0.15) is 0 Å². The number of hydrogen-bond acceptors (Lipinski definition) is 3. The van der Waals surface area contributed by atoms with E-state index in [1.165, 1.54) is 0 Å². The number of carbonyl (C=O) groups is 1. The van der Waals surface area contributed by atoms with Crippen molar-refractivity contribution in [2.24, 2.45) is 0 Å². The Balaban J connectivity index is 2.05. The van der Waals surface area contributed by atoms with Gasteiger partial charge < -0.3 is 4.74 Å². The summed E-state index contributed by atoms with van der Waals surface area (Å²) in [6.45, 7) is 4.11. The van der Waals surface area contributed by atoms with Gasteiger partial charge in [0, 0.05) is 11.9 Å². The van der Waals surface area contributed by atoms with Crippen molar-refractivity contribution in [1.29, 1.82) is 0 Å². The third-order valence-electron chi connectivity index (χ3n) is 3.36. The van der Waals surface area contributed by atoms with Gasteiger partial charge in [0.25, 0.3) is 0 Å². The fraction of sp³-hybridized carbons (Fsp3) is 0.333. The molecule has 0 amide bonds. The first kappa shape index (κ1) is 15.2. The Hall–Kier alpha value is -2.16. The minimum Gasteiger partial charge on any atom is -0.454 e. The van der Waals surface area contributed by atoms with Crippen LogP contribution in [0.2, 0.25) is 0 Å². The molecular weight excluding hydrogens is 262 g/mol. The highest BCUT2D eigenvalue weighted by Gasteiger charge is 2.16. The van der Waals surface area contributed by atoms with Crippen molar-refractivity contribution in [2.45, 2.75) is 39.2 Å². The van der Waals surface area contributed by atoms with E-state index in [1.54, 1.807) is 12.3 Å². The van der Waals surface area contributed by atoms with Crippen molar-refractivity contribution >= 4 is 5.97 Å². The van der Waals surface area contributed by atoms with Gasteiger partial charge >= 0.3 is 5.97 Å². The van der Waals surface area contributed by atoms with E-state index < -0.39 is 0 Å². The van der Waals surface area contributed by atoms with Gasteiger partial charge in [-0.3, -0.25) is 4.98 Å². The number of ether oxygens (including phenoxy) is 1. The lowest BCUT2D eigenvalue weighted by Gasteiger charge is -2.16. The van der Waals surface area contributed by atoms with Crippen LogP contribution in [-0.2, 0) is 11.2 Å². The summed E-state index contributed by atoms with van der Waals surface area (Å²) < 4.78 is 5.59. The van der Waals surface area contributed by atoms with E-state index in [0.29, 0.717) is 5.56 Å². The Kier molecular flexibility index (Phi) is 5.50. The number of benzene rings is 1. The number of aryl methyl sites for hydroxylation is 1. The summed E-state index contributed by atoms with van der Waals surface area (Å²) in [6, 6.07) is 13.5. The molecule has 21 heavy (non-hydrogen) atoms. The van der Waals surface area contributed by atoms with Crippen molar-refractivity contribution in [3.8, 4) is 0 Å². The van der Waals surface area contributed by atoms with Crippen LogP contribution in [0.4, 0.5) is 0 Å². The number of aromatic nitrogens is 1. The number of rotatable bonds is 6. The zero-order valence-electron chi connectivity index (χ0n) is 12.6. The summed E-state index contributed by atoms with van der Waals surface area (Å²) in [4.78, 5) is 16.5. The number of carbonyl (C=O) groups excluding carboxylic acids is 1. The maximum Gasteiger partial charge on any atom is 0.340 e. The predicted octanol–water partition coefficient (Wildman–Crippen LogP) is 4.34. The molecule has 0 aliphatic heterocycles. The Labute approximate surface area is 126 Å². The standard InChI is InChI=1S/C18H21NO2/c1-3-8-16-12-11-15(13-19-16)18(20)21-17(4-2)14-9-6-5-7-10-14/h5-7,9-13,17H,3-4,8H2,1-2H3. The average molecular weight is 283 g/mol. The number of hydrogen-bond donors (Lipinski definition) is 0. The summed E-state index contributed by atoms with van der Waals surface area (Å²) in [5.41, 5.74) is 2.53. The smallest absolute Gasteiger partial charge is 0.340 e. The van der Waals surface area contributed by atoms with Gasteiger partial charge in [0.15, 0.2) is 0 Å². The van der Waals surface area contributed by atoms with Crippen LogP contribution in [0.25, 0.3) is 0 Å². The predicted molar refractivity (Wildman–Crippen MR) is 83.1 cm³/mol. The minimum absolute atomic E-state index is 0.214. The molecule has 0 N–H and O–H groups in total. The zero-order valence-corrected chi connectivity index (χ0v) is 12.6. The van der Waals surface area contributed by atoms with Crippen molar-refractivity contribution in [3.05, 3.63) is 65.5 Å². The lowest BCUT2D eigenvalue weighted by atomic mass is 10.1. The first-order valence-electron chi connectivity index (χ1n) is 7.45. The second-order valence-corrected chi connectivity index (χ2v) is 5.00. The highest BCUT2D eigenvalue weighted by Crippen LogP contribution is 2.22. The normalized spacial score (nSPS) is 11.9. The molecule has 3 nitrogen and oxygen atoms in total. The van der Waals surface area contributed by atoms with E-state index in [0.717, 1.165) is 30.5 Å². The van der Waals surface area contributed by atoms with Gasteiger partial charge in [-0.05, 0) is 30.5 Å². The fourth-order valence-corrected chi connectivity index (χ4v) is 2.20. The van der Waals surface area contributed by atoms with Crippen LogP contribution in [0.1, 0.15) is 54.4 Å². The number of esters is 1. The highest BCUT2D eigenvalue weighted by atomic mass is 16.5. The largest absolute Gasteiger partial charge is 0.454 e. The van der Waals surface area contributed by atoms with Crippen LogP contribution in [0.3, 0.4) is 0 Å². The summed E-state index contributed by atoms with van der Waals surface area (Å²) >= 11 is 0. The fourth-order valence-electron chi connectivity index (χ4n) is 2.20. The van der Waals surface area contributed by atoms with Gasteiger partial charge in [0.05, 0.1) is 5.56 Å². The van der Waals surface area contributed by atoms with E-state index in [4.69, 9.17) is 4.74 Å². The molecule has 0 aliphatic rings. The zero-order chi connectivity index (χ0) is 15.1. The van der Waals surface area contributed by atoms with Crippen LogP contribution in [-0.4, -0.2) is 11.0 Å². The lowest BCUT2D eigenvalue weighted by molar-refractivity contribution is 0.0287. The Morgan fingerprint density at radius 2 is 1.90 bits per heavy atom. The molecule has 110 valence electrons. The molecule has 1 aromatic heterocycles. The molecule has 1 unspecified atom stereocenters. The van der Waals surface area contributed by atoms with Crippen molar-refractivity contribution in [3.63, 3.8) is 0 Å². The topological polar surface area (TPSA) is 39.2 Å². The van der Waals surface area contributed by atoms with E-state index in [1.807, 2.05) is 43.3 Å². The molecule has 1 atom stereocenters. The van der Waals surface area contributed by atoms with Crippen LogP contribution < -0.4 is 0 Å². The molecule has 0 saturated heterocycles. The Morgan fingerprint density at radius 3 is 2.48 bits per heavy atom. The van der Waals surface area contributed by atoms with Crippen molar-refractivity contribution in [1.82, 2.24) is 4.98 Å². The summed E-state index contributed by atoms with van der Waals surface area (Å²) in [5, 5.41) is 0. The molecular formula is C18H21NO2. The van der Waals surface area contributed by atoms with E-state index in [-0.39, 0.29) is 12.1 Å². The third kappa shape index (κ3) is 4.15. The van der Waals surface area contributed by atoms with Gasteiger partial charge in [-0.25, -0.2) is 4.79 Å². The van der Waals surface area contributed by atoms with Crippen LogP contribution in [0.15, 0.2) is 48.7 Å². The molecule has 3 heteroatoms. The van der Waals surface area contributed by atoms with Gasteiger partial charge in [-0.15, -0.1) is 0 Å². The molecule has 1 aromatic carbocycles. The molecule has 0 spiro atoms. The summed E-state index contributed by atoms with van der Waals surface area (Å²) in [5.74, 6) is -0.318. The third-order valence-corrected chi connectivity index (χ3v) is 3.36. The summed E-state index contributed by atoms with van der Waals surface area (Å²) in [7, 11) is 0. The molecule has 0 saturated carbocycles. The molecule has 0 aliphatic carbocycles. The van der Waals surface area contributed by atoms with Crippen molar-refractivity contribution in [2.75, 3.05) is 0 Å². The van der Waals surface area contributed by atoms with Crippen molar-refractivity contribution < 1.29 is 9.53 Å². The first-order valence-corrected chi connectivity index (χ1v) is 7.45. The second kappa shape index (κ2) is 7.58. The van der Waals surface area contributed by atoms with Gasteiger partial charge in [-0.1, -0.05) is 50.6 Å². The van der Waals surface area contributed by atoms with Gasteiger partial charge in [0.2, 0.25) is 0 Å². The number of pyridine rings is 1. The van der Waals surface area contributed by atoms with Crippen LogP contribution in [0.5, 0.6) is 0 Å². The Bertz CT molecular complexity index is 564. The van der Waals surface area contributed by atoms with Crippen LogP contribution in [0, 0.1) is 0 Å². The molecule has 0 bridgehead atoms. The quantitative estimate of drug-likeness (QED) is 0.740. The SMILES string of the molecule is CCCc1ccc(C(=O)OC(CC)c2ccccc2)cn1. The lowest BCUT2D eigenvalue weighted by Crippen LogP contribution is -2.11. The monoisotopic (exact) mass is 283 g/mol. The minimum atomic E-state index is -0.318. The Morgan fingerprint density at radius 1 is 1.14 bits per heavy atom. The molecule has 0 fully saturated rings. The van der Waals surface area contributed by atoms with E-state index >= 15 is 0 Å².